The maximum atomic E-state index is 15.5. The van der Waals surface area contributed by atoms with Crippen LogP contribution in [0.15, 0.2) is 85.5 Å². The molecule has 2 fully saturated rings. The van der Waals surface area contributed by atoms with E-state index >= 15 is 4.79 Å². The van der Waals surface area contributed by atoms with Crippen LogP contribution in [-0.4, -0.2) is 84.0 Å². The smallest absolute Gasteiger partial charge is 0.170 e. The summed E-state index contributed by atoms with van der Waals surface area (Å²) in [4.78, 5) is 20.2. The normalized spacial score (nSPS) is 22.7. The summed E-state index contributed by atoms with van der Waals surface area (Å²) in [5, 5.41) is 9.28. The van der Waals surface area contributed by atoms with E-state index in [4.69, 9.17) is 9.47 Å². The maximum Gasteiger partial charge on any atom is 0.170 e. The first-order valence-corrected chi connectivity index (χ1v) is 18.0. The quantitative estimate of drug-likeness (QED) is 0.171. The van der Waals surface area contributed by atoms with E-state index in [1.165, 1.54) is 11.1 Å². The van der Waals surface area contributed by atoms with Crippen molar-refractivity contribution in [3.63, 3.8) is 0 Å². The van der Waals surface area contributed by atoms with Crippen LogP contribution in [0.5, 0.6) is 0 Å². The lowest BCUT2D eigenvalue weighted by Gasteiger charge is -2.44. The van der Waals surface area contributed by atoms with E-state index in [2.05, 4.69) is 141 Å². The first-order chi connectivity index (χ1) is 22.0. The molecule has 2 aromatic heterocycles. The zero-order valence-electron chi connectivity index (χ0n) is 26.8. The highest BCUT2D eigenvalue weighted by atomic mass is 127. The van der Waals surface area contributed by atoms with Crippen molar-refractivity contribution in [2.75, 3.05) is 13.2 Å². The van der Waals surface area contributed by atoms with Gasteiger partial charge in [0.25, 0.3) is 0 Å². The molecule has 0 amide bonds. The lowest BCUT2D eigenvalue weighted by Crippen LogP contribution is -2.63. The summed E-state index contributed by atoms with van der Waals surface area (Å²) in [6.45, 7) is 10.2. The molecule has 46 heavy (non-hydrogen) atoms. The van der Waals surface area contributed by atoms with E-state index in [1.807, 2.05) is 46.3 Å². The molecule has 6 rings (SSSR count). The summed E-state index contributed by atoms with van der Waals surface area (Å²) < 4.78 is 18.8. The monoisotopic (exact) mass is 848 g/mol. The summed E-state index contributed by atoms with van der Waals surface area (Å²) in [5.74, 6) is 0.115. The van der Waals surface area contributed by atoms with Crippen LogP contribution < -0.4 is 0 Å². The van der Waals surface area contributed by atoms with Crippen LogP contribution >= 0.6 is 45.2 Å². The summed E-state index contributed by atoms with van der Waals surface area (Å²) in [6, 6.07) is 19.9. The van der Waals surface area contributed by atoms with Crippen molar-refractivity contribution in [1.29, 1.82) is 0 Å². The predicted octanol–water partition coefficient (Wildman–Crippen LogP) is 5.65. The van der Waals surface area contributed by atoms with Crippen molar-refractivity contribution in [3.05, 3.63) is 104 Å². The molecule has 0 N–H and O–H groups in total. The second-order valence-electron chi connectivity index (χ2n) is 13.2. The number of nitrogens with zero attached hydrogens (tertiary/aromatic N) is 6. The minimum absolute atomic E-state index is 0.00948. The molecule has 0 saturated carbocycles. The third-order valence-electron chi connectivity index (χ3n) is 9.17. The molecule has 4 atom stereocenters. The average Bonchev–Trinajstić information content (AvgIpc) is 3.78. The predicted molar refractivity (Wildman–Crippen MR) is 194 cm³/mol. The number of hydrogen-bond donors (Lipinski definition) is 0. The van der Waals surface area contributed by atoms with Gasteiger partial charge in [-0.2, -0.15) is 10.2 Å². The van der Waals surface area contributed by atoms with Crippen molar-refractivity contribution >= 4 is 51.0 Å². The molecule has 0 spiro atoms. The van der Waals surface area contributed by atoms with E-state index in [0.717, 1.165) is 20.0 Å². The van der Waals surface area contributed by atoms with E-state index in [-0.39, 0.29) is 17.9 Å². The van der Waals surface area contributed by atoms with E-state index in [9.17, 15) is 0 Å². The zero-order chi connectivity index (χ0) is 32.5. The van der Waals surface area contributed by atoms with Crippen molar-refractivity contribution in [2.24, 2.45) is 0 Å². The Labute approximate surface area is 298 Å². The van der Waals surface area contributed by atoms with Gasteiger partial charge in [-0.25, -0.2) is 0 Å². The molecule has 9 nitrogen and oxygen atoms in total. The van der Waals surface area contributed by atoms with Gasteiger partial charge < -0.3 is 9.47 Å². The number of rotatable bonds is 12. The second-order valence-corrected chi connectivity index (χ2v) is 15.7. The largest absolute Gasteiger partial charge is 0.359 e. The van der Waals surface area contributed by atoms with Gasteiger partial charge in [0.1, 0.15) is 11.4 Å². The topological polar surface area (TPSA) is 77.7 Å². The maximum absolute atomic E-state index is 15.5. The Morgan fingerprint density at radius 2 is 1.13 bits per heavy atom. The number of ketones is 1. The molecule has 11 heteroatoms. The molecular weight excluding hydrogens is 806 g/mol. The zero-order valence-corrected chi connectivity index (χ0v) is 31.1. The van der Waals surface area contributed by atoms with Gasteiger partial charge in [-0.3, -0.25) is 24.0 Å². The third kappa shape index (κ3) is 7.59. The SMILES string of the molecule is CC1(C)OC[C@H](Cc2ccccc2)N1C(Cn1cc(I)cn1)C(=O)C(Cn1cc(I)cn1)N1[C@@H](Cc2ccccc2)COC1(C)C. The van der Waals surface area contributed by atoms with Gasteiger partial charge >= 0.3 is 0 Å². The van der Waals surface area contributed by atoms with Crippen LogP contribution in [0.1, 0.15) is 38.8 Å². The molecule has 4 aromatic rings. The number of carbonyl (C=O) groups is 1. The number of benzene rings is 2. The first-order valence-electron chi connectivity index (χ1n) is 15.8. The Morgan fingerprint density at radius 1 is 0.739 bits per heavy atom. The molecule has 2 aromatic carbocycles. The van der Waals surface area contributed by atoms with Crippen LogP contribution in [-0.2, 0) is 40.2 Å². The fraction of sp³-hybridized carbons (Fsp3) is 0.457. The van der Waals surface area contributed by atoms with Crippen LogP contribution in [0.2, 0.25) is 0 Å². The van der Waals surface area contributed by atoms with Gasteiger partial charge in [0.05, 0.1) is 57.9 Å². The van der Waals surface area contributed by atoms with E-state index in [0.29, 0.717) is 26.3 Å². The molecular formula is C35H42I2N6O3. The molecule has 244 valence electrons. The summed E-state index contributed by atoms with van der Waals surface area (Å²) in [5.41, 5.74) is 1.12. The Morgan fingerprint density at radius 3 is 1.48 bits per heavy atom. The molecule has 0 bridgehead atoms. The number of hydrogen-bond acceptors (Lipinski definition) is 7. The van der Waals surface area contributed by atoms with Gasteiger partial charge in [-0.05, 0) is 96.8 Å². The second kappa shape index (κ2) is 14.1. The Hall–Kier alpha value is -2.17. The Kier molecular flexibility index (Phi) is 10.4. The van der Waals surface area contributed by atoms with Crippen molar-refractivity contribution in [2.45, 2.75) is 89.2 Å². The Balaban J connectivity index is 1.42. The number of ether oxygens (including phenoxy) is 2. The Bertz CT molecular complexity index is 1490. The average molecular weight is 849 g/mol. The van der Waals surface area contributed by atoms with Crippen molar-refractivity contribution in [3.8, 4) is 0 Å². The minimum Gasteiger partial charge on any atom is -0.359 e. The molecule has 2 saturated heterocycles. The number of carbonyl (C=O) groups excluding carboxylic acids is 1. The molecule has 2 aliphatic rings. The highest BCUT2D eigenvalue weighted by Gasteiger charge is 2.52. The van der Waals surface area contributed by atoms with Crippen LogP contribution in [0.3, 0.4) is 0 Å². The van der Waals surface area contributed by atoms with Gasteiger partial charge in [0.2, 0.25) is 0 Å². The van der Waals surface area contributed by atoms with Crippen molar-refractivity contribution in [1.82, 2.24) is 29.4 Å². The van der Waals surface area contributed by atoms with Crippen LogP contribution in [0.4, 0.5) is 0 Å². The van der Waals surface area contributed by atoms with E-state index in [1.54, 1.807) is 0 Å². The lowest BCUT2D eigenvalue weighted by molar-refractivity contribution is -0.148. The van der Waals surface area contributed by atoms with Gasteiger partial charge in [-0.1, -0.05) is 60.7 Å². The summed E-state index contributed by atoms with van der Waals surface area (Å²) in [7, 11) is 0. The molecule has 0 aliphatic carbocycles. The minimum atomic E-state index is -0.661. The van der Waals surface area contributed by atoms with Crippen LogP contribution in [0, 0.1) is 7.14 Å². The van der Waals surface area contributed by atoms with Gasteiger partial charge in [0.15, 0.2) is 5.78 Å². The third-order valence-corrected chi connectivity index (χ3v) is 10.3. The molecule has 4 heterocycles. The standard InChI is InChI=1S/C35H42I2N6O3/c1-34(2)42(29(23-45-34)15-25-11-7-5-8-12-25)31(21-40-19-27(36)17-38-40)33(44)32(22-41-20-28(37)18-39-41)43-30(24-46-35(43,3)4)16-26-13-9-6-10-14-26/h5-14,17-20,29-32H,15-16,21-24H2,1-4H3/t29-,30-,31?,32?/m0/s1. The highest BCUT2D eigenvalue weighted by molar-refractivity contribution is 14.1. The fourth-order valence-electron chi connectivity index (χ4n) is 7.22. The fourth-order valence-corrected chi connectivity index (χ4v) is 8.11. The highest BCUT2D eigenvalue weighted by Crippen LogP contribution is 2.37. The number of Topliss-reactive ketones (excluding diaryl/α,β-unsaturated/α-hetero) is 1. The summed E-state index contributed by atoms with van der Waals surface area (Å²) >= 11 is 4.55. The van der Waals surface area contributed by atoms with Gasteiger partial charge in [-0.15, -0.1) is 0 Å². The number of aromatic nitrogens is 4. The molecule has 0 radical (unpaired) electrons. The van der Waals surface area contributed by atoms with Crippen LogP contribution in [0.25, 0.3) is 0 Å². The summed E-state index contributed by atoms with van der Waals surface area (Å²) in [6.07, 6.45) is 9.24. The molecule has 2 aliphatic heterocycles. The number of halogens is 2. The van der Waals surface area contributed by atoms with Gasteiger partial charge in [0, 0.05) is 24.5 Å². The van der Waals surface area contributed by atoms with E-state index < -0.39 is 23.5 Å². The lowest BCUT2D eigenvalue weighted by atomic mass is 9.93. The van der Waals surface area contributed by atoms with Crippen molar-refractivity contribution < 1.29 is 14.3 Å². The molecule has 2 unspecified atom stereocenters. The first kappa shape index (κ1) is 33.7.